The normalized spacial score (nSPS) is 15.5. The molecule has 41 heavy (non-hydrogen) atoms. The van der Waals surface area contributed by atoms with E-state index in [2.05, 4.69) is 4.99 Å². The number of carbonyl (C=O) groups excluding carboxylic acids is 2. The third-order valence-electron chi connectivity index (χ3n) is 6.56. The first-order chi connectivity index (χ1) is 19.6. The number of benzene rings is 3. The fourth-order valence-corrected chi connectivity index (χ4v) is 5.86. The molecular weight excluding hydrogens is 566 g/mol. The quantitative estimate of drug-likeness (QED) is 0.217. The Labute approximate surface area is 243 Å². The standard InChI is InChI=1S/C29H30ClN5O5S/c1-40-28(37)23-4-2-3-21(17-23)18-35(27(36)22-7-11-25(12-8-22)33-29(31)32)26-13-15-34(19-26)41(38,39)16-14-20-5-9-24(30)10-6-20/h2-12,14,16-17,26H,13,15,18-19H2,1H3,(H4,31,32,33)/b16-14+. The number of rotatable bonds is 9. The molecule has 0 saturated carbocycles. The summed E-state index contributed by atoms with van der Waals surface area (Å²) < 4.78 is 32.5. The summed E-state index contributed by atoms with van der Waals surface area (Å²) in [5.74, 6) is -0.898. The van der Waals surface area contributed by atoms with Gasteiger partial charge in [0.2, 0.25) is 10.0 Å². The minimum atomic E-state index is -3.75. The number of hydrogen-bond donors (Lipinski definition) is 2. The van der Waals surface area contributed by atoms with E-state index in [1.54, 1.807) is 77.7 Å². The lowest BCUT2D eigenvalue weighted by molar-refractivity contribution is 0.0600. The molecule has 1 aliphatic heterocycles. The Morgan fingerprint density at radius 2 is 1.78 bits per heavy atom. The van der Waals surface area contributed by atoms with Gasteiger partial charge in [-0.15, -0.1) is 0 Å². The van der Waals surface area contributed by atoms with Gasteiger partial charge in [0.15, 0.2) is 5.96 Å². The second-order valence-corrected chi connectivity index (χ2v) is 11.7. The van der Waals surface area contributed by atoms with E-state index in [0.717, 1.165) is 5.41 Å². The predicted octanol–water partition coefficient (Wildman–Crippen LogP) is 3.75. The summed E-state index contributed by atoms with van der Waals surface area (Å²) in [6.45, 7) is 0.508. The van der Waals surface area contributed by atoms with Crippen molar-refractivity contribution in [3.8, 4) is 0 Å². The monoisotopic (exact) mass is 595 g/mol. The molecular formula is C29H30ClN5O5S. The van der Waals surface area contributed by atoms with Crippen LogP contribution in [0.15, 0.2) is 83.2 Å². The molecule has 214 valence electrons. The molecule has 0 radical (unpaired) electrons. The van der Waals surface area contributed by atoms with Crippen LogP contribution in [0, 0.1) is 0 Å². The zero-order chi connectivity index (χ0) is 29.6. The van der Waals surface area contributed by atoms with E-state index in [9.17, 15) is 18.0 Å². The van der Waals surface area contributed by atoms with Crippen LogP contribution >= 0.6 is 11.6 Å². The Morgan fingerprint density at radius 3 is 2.44 bits per heavy atom. The first-order valence-corrected chi connectivity index (χ1v) is 14.6. The topological polar surface area (TPSA) is 148 Å². The zero-order valence-electron chi connectivity index (χ0n) is 22.3. The van der Waals surface area contributed by atoms with Gasteiger partial charge < -0.3 is 21.1 Å². The van der Waals surface area contributed by atoms with E-state index in [0.29, 0.717) is 39.4 Å². The fraction of sp³-hybridized carbons (Fsp3) is 0.207. The molecule has 12 heteroatoms. The Morgan fingerprint density at radius 1 is 1.07 bits per heavy atom. The molecule has 0 spiro atoms. The van der Waals surface area contributed by atoms with Crippen LogP contribution in [0.5, 0.6) is 0 Å². The molecule has 3 aromatic carbocycles. The summed E-state index contributed by atoms with van der Waals surface area (Å²) in [5, 5.41) is 1.72. The lowest BCUT2D eigenvalue weighted by Gasteiger charge is -2.29. The van der Waals surface area contributed by atoms with Crippen LogP contribution in [-0.2, 0) is 21.3 Å². The molecule has 1 amide bonds. The molecule has 1 atom stereocenters. The molecule has 4 N–H and O–H groups in total. The van der Waals surface area contributed by atoms with E-state index < -0.39 is 22.0 Å². The van der Waals surface area contributed by atoms with Gasteiger partial charge in [-0.05, 0) is 72.2 Å². The number of guanidine groups is 1. The van der Waals surface area contributed by atoms with Gasteiger partial charge >= 0.3 is 5.97 Å². The number of methoxy groups -OCH3 is 1. The van der Waals surface area contributed by atoms with Crippen LogP contribution in [0.25, 0.3) is 6.08 Å². The highest BCUT2D eigenvalue weighted by molar-refractivity contribution is 7.92. The number of halogens is 1. The number of nitrogens with two attached hydrogens (primary N) is 2. The third-order valence-corrected chi connectivity index (χ3v) is 8.35. The van der Waals surface area contributed by atoms with Crippen molar-refractivity contribution in [1.82, 2.24) is 9.21 Å². The maximum atomic E-state index is 13.8. The molecule has 1 saturated heterocycles. The van der Waals surface area contributed by atoms with Gasteiger partial charge in [0.05, 0.1) is 18.4 Å². The van der Waals surface area contributed by atoms with Gasteiger partial charge in [-0.25, -0.2) is 18.2 Å². The Hall–Kier alpha value is -4.19. The highest BCUT2D eigenvalue weighted by Crippen LogP contribution is 2.25. The molecule has 1 aliphatic rings. The van der Waals surface area contributed by atoms with Gasteiger partial charge in [-0.2, -0.15) is 4.31 Å². The number of amides is 1. The van der Waals surface area contributed by atoms with Crippen molar-refractivity contribution in [1.29, 1.82) is 0 Å². The van der Waals surface area contributed by atoms with Gasteiger partial charge in [0, 0.05) is 41.7 Å². The predicted molar refractivity (Wildman–Crippen MR) is 159 cm³/mol. The second kappa shape index (κ2) is 13.0. The highest BCUT2D eigenvalue weighted by atomic mass is 35.5. The number of ether oxygens (including phenoxy) is 1. The smallest absolute Gasteiger partial charge is 0.337 e. The summed E-state index contributed by atoms with van der Waals surface area (Å²) in [7, 11) is -2.46. The van der Waals surface area contributed by atoms with E-state index in [4.69, 9.17) is 27.8 Å². The van der Waals surface area contributed by atoms with Crippen molar-refractivity contribution in [2.24, 2.45) is 16.5 Å². The number of nitrogens with zero attached hydrogens (tertiary/aromatic N) is 3. The van der Waals surface area contributed by atoms with Crippen LogP contribution < -0.4 is 11.5 Å². The van der Waals surface area contributed by atoms with Gasteiger partial charge in [0.1, 0.15) is 0 Å². The zero-order valence-corrected chi connectivity index (χ0v) is 23.9. The summed E-state index contributed by atoms with van der Waals surface area (Å²) in [4.78, 5) is 31.5. The van der Waals surface area contributed by atoms with Gasteiger partial charge in [0.25, 0.3) is 5.91 Å². The van der Waals surface area contributed by atoms with Crippen LogP contribution in [0.4, 0.5) is 5.69 Å². The number of aliphatic imine (C=N–C) groups is 1. The molecule has 0 bridgehead atoms. The van der Waals surface area contributed by atoms with Crippen molar-refractivity contribution >= 4 is 51.2 Å². The average Bonchev–Trinajstić information content (AvgIpc) is 3.46. The van der Waals surface area contributed by atoms with Gasteiger partial charge in [-0.3, -0.25) is 4.79 Å². The Kier molecular flexibility index (Phi) is 9.43. The molecule has 1 fully saturated rings. The maximum Gasteiger partial charge on any atom is 0.337 e. The average molecular weight is 596 g/mol. The van der Waals surface area contributed by atoms with E-state index >= 15 is 0 Å². The Bertz CT molecular complexity index is 1570. The van der Waals surface area contributed by atoms with E-state index in [1.165, 1.54) is 17.5 Å². The van der Waals surface area contributed by atoms with Crippen LogP contribution in [-0.4, -0.2) is 61.7 Å². The highest BCUT2D eigenvalue weighted by Gasteiger charge is 2.35. The number of esters is 1. The molecule has 3 aromatic rings. The largest absolute Gasteiger partial charge is 0.465 e. The van der Waals surface area contributed by atoms with E-state index in [1.807, 2.05) is 0 Å². The summed E-state index contributed by atoms with van der Waals surface area (Å²) in [6.07, 6.45) is 1.95. The first kappa shape index (κ1) is 29.8. The van der Waals surface area contributed by atoms with Gasteiger partial charge in [-0.1, -0.05) is 35.9 Å². The molecule has 4 rings (SSSR count). The fourth-order valence-electron chi connectivity index (χ4n) is 4.49. The van der Waals surface area contributed by atoms with E-state index in [-0.39, 0.29) is 31.5 Å². The number of sulfonamides is 1. The van der Waals surface area contributed by atoms with Crippen LogP contribution in [0.1, 0.15) is 38.3 Å². The third kappa shape index (κ3) is 7.72. The van der Waals surface area contributed by atoms with Crippen LogP contribution in [0.3, 0.4) is 0 Å². The minimum absolute atomic E-state index is 0.103. The molecule has 10 nitrogen and oxygen atoms in total. The SMILES string of the molecule is COC(=O)c1cccc(CN(C(=O)c2ccc(N=C(N)N)cc2)C2CCN(S(=O)(=O)/C=C/c3ccc(Cl)cc3)C2)c1. The second-order valence-electron chi connectivity index (χ2n) is 9.41. The van der Waals surface area contributed by atoms with Crippen molar-refractivity contribution in [2.75, 3.05) is 20.2 Å². The summed E-state index contributed by atoms with van der Waals surface area (Å²) in [6, 6.07) is 19.7. The lowest BCUT2D eigenvalue weighted by atomic mass is 10.1. The van der Waals surface area contributed by atoms with Crippen molar-refractivity contribution in [2.45, 2.75) is 19.0 Å². The molecule has 1 unspecified atom stereocenters. The molecule has 1 heterocycles. The summed E-state index contributed by atoms with van der Waals surface area (Å²) in [5.41, 5.74) is 13.5. The van der Waals surface area contributed by atoms with Crippen LogP contribution in [0.2, 0.25) is 5.02 Å². The number of carbonyl (C=O) groups is 2. The lowest BCUT2D eigenvalue weighted by Crippen LogP contribution is -2.42. The maximum absolute atomic E-state index is 13.8. The van der Waals surface area contributed by atoms with Crippen molar-refractivity contribution < 1.29 is 22.7 Å². The number of hydrogen-bond acceptors (Lipinski definition) is 6. The van der Waals surface area contributed by atoms with Crippen molar-refractivity contribution in [3.05, 3.63) is 105 Å². The van der Waals surface area contributed by atoms with Crippen molar-refractivity contribution in [3.63, 3.8) is 0 Å². The Balaban J connectivity index is 1.59. The molecule has 0 aromatic heterocycles. The first-order valence-electron chi connectivity index (χ1n) is 12.7. The molecule has 0 aliphatic carbocycles. The minimum Gasteiger partial charge on any atom is -0.465 e. The summed E-state index contributed by atoms with van der Waals surface area (Å²) >= 11 is 5.92.